The van der Waals surface area contributed by atoms with Crippen LogP contribution in [-0.4, -0.2) is 27.7 Å². The summed E-state index contributed by atoms with van der Waals surface area (Å²) >= 11 is 3.46. The van der Waals surface area contributed by atoms with Gasteiger partial charge in [0, 0.05) is 16.1 Å². The zero-order valence-corrected chi connectivity index (χ0v) is 13.8. The van der Waals surface area contributed by atoms with Gasteiger partial charge in [0.15, 0.2) is 0 Å². The van der Waals surface area contributed by atoms with E-state index < -0.39 is 0 Å². The van der Waals surface area contributed by atoms with Crippen LogP contribution in [0.5, 0.6) is 0 Å². The molecule has 1 aliphatic rings. The molecule has 2 heterocycles. The lowest BCUT2D eigenvalue weighted by Crippen LogP contribution is -2.38. The van der Waals surface area contributed by atoms with E-state index in [1.165, 1.54) is 25.7 Å². The van der Waals surface area contributed by atoms with Crippen LogP contribution >= 0.6 is 15.9 Å². The summed E-state index contributed by atoms with van der Waals surface area (Å²) in [6.45, 7) is 4.15. The van der Waals surface area contributed by atoms with Crippen LogP contribution in [0, 0.1) is 0 Å². The van der Waals surface area contributed by atoms with Crippen molar-refractivity contribution in [3.63, 3.8) is 0 Å². The molecule has 1 unspecified atom stereocenters. The third-order valence-electron chi connectivity index (χ3n) is 4.10. The number of hydrogen-bond donors (Lipinski definition) is 0. The molecule has 0 amide bonds. The highest BCUT2D eigenvalue weighted by Crippen LogP contribution is 2.24. The average Bonchev–Trinajstić information content (AvgIpc) is 2.96. The summed E-state index contributed by atoms with van der Waals surface area (Å²) in [4.78, 5) is 2.47. The van der Waals surface area contributed by atoms with Crippen LogP contribution in [-0.2, 0) is 6.54 Å². The lowest BCUT2D eigenvalue weighted by molar-refractivity contribution is 0.124. The first-order valence-electron chi connectivity index (χ1n) is 7.58. The molecule has 0 spiro atoms. The van der Waals surface area contributed by atoms with Crippen molar-refractivity contribution in [1.82, 2.24) is 15.1 Å². The number of hydrogen-bond acceptors (Lipinski definition) is 4. The molecule has 0 radical (unpaired) electrons. The lowest BCUT2D eigenvalue weighted by Gasteiger charge is -2.33. The monoisotopic (exact) mass is 349 g/mol. The largest absolute Gasteiger partial charge is 0.419 e. The van der Waals surface area contributed by atoms with Gasteiger partial charge in [0.2, 0.25) is 11.8 Å². The Morgan fingerprint density at radius 3 is 3.05 bits per heavy atom. The predicted octanol–water partition coefficient (Wildman–Crippen LogP) is 4.26. The van der Waals surface area contributed by atoms with Gasteiger partial charge in [-0.3, -0.25) is 4.90 Å². The van der Waals surface area contributed by atoms with Gasteiger partial charge in [0.1, 0.15) is 0 Å². The topological polar surface area (TPSA) is 42.2 Å². The Labute approximate surface area is 133 Å². The quantitative estimate of drug-likeness (QED) is 0.826. The van der Waals surface area contributed by atoms with Gasteiger partial charge in [-0.05, 0) is 44.0 Å². The number of benzene rings is 1. The molecule has 1 aromatic carbocycles. The van der Waals surface area contributed by atoms with Gasteiger partial charge < -0.3 is 4.42 Å². The van der Waals surface area contributed by atoms with Gasteiger partial charge in [-0.2, -0.15) is 0 Å². The van der Waals surface area contributed by atoms with Crippen molar-refractivity contribution in [2.24, 2.45) is 0 Å². The molecule has 0 bridgehead atoms. The molecule has 21 heavy (non-hydrogen) atoms. The fraction of sp³-hybridized carbons (Fsp3) is 0.500. The summed E-state index contributed by atoms with van der Waals surface area (Å²) in [6.07, 6.45) is 5.07. The number of likely N-dealkylation sites (tertiary alicyclic amines) is 1. The molecule has 1 saturated heterocycles. The standard InChI is InChI=1S/C16H20BrN3O/c1-2-14-8-3-4-9-20(14)11-15-18-19-16(21-15)12-6-5-7-13(17)10-12/h5-7,10,14H,2-4,8-9,11H2,1H3. The van der Waals surface area contributed by atoms with Crippen molar-refractivity contribution >= 4 is 15.9 Å². The van der Waals surface area contributed by atoms with E-state index in [9.17, 15) is 0 Å². The molecule has 1 aliphatic heterocycles. The van der Waals surface area contributed by atoms with E-state index in [0.717, 1.165) is 23.1 Å². The number of nitrogens with zero attached hydrogens (tertiary/aromatic N) is 3. The summed E-state index contributed by atoms with van der Waals surface area (Å²) in [5.41, 5.74) is 0.953. The first kappa shape index (κ1) is 14.7. The minimum absolute atomic E-state index is 0.594. The Kier molecular flexibility index (Phi) is 4.70. The smallest absolute Gasteiger partial charge is 0.247 e. The molecule has 4 nitrogen and oxygen atoms in total. The maximum absolute atomic E-state index is 5.84. The fourth-order valence-electron chi connectivity index (χ4n) is 2.96. The molecule has 1 fully saturated rings. The summed E-state index contributed by atoms with van der Waals surface area (Å²) in [7, 11) is 0. The maximum Gasteiger partial charge on any atom is 0.247 e. The van der Waals surface area contributed by atoms with E-state index in [1.807, 2.05) is 24.3 Å². The number of halogens is 1. The van der Waals surface area contributed by atoms with Crippen molar-refractivity contribution in [3.8, 4) is 11.5 Å². The van der Waals surface area contributed by atoms with E-state index in [-0.39, 0.29) is 0 Å². The third kappa shape index (κ3) is 3.52. The van der Waals surface area contributed by atoms with Crippen LogP contribution in [0.4, 0.5) is 0 Å². The molecular weight excluding hydrogens is 330 g/mol. The van der Waals surface area contributed by atoms with E-state index in [0.29, 0.717) is 17.8 Å². The average molecular weight is 350 g/mol. The van der Waals surface area contributed by atoms with E-state index in [4.69, 9.17) is 4.42 Å². The summed E-state index contributed by atoms with van der Waals surface area (Å²) < 4.78 is 6.85. The number of rotatable bonds is 4. The van der Waals surface area contributed by atoms with Crippen LogP contribution in [0.15, 0.2) is 33.2 Å². The van der Waals surface area contributed by atoms with Gasteiger partial charge in [0.25, 0.3) is 0 Å². The van der Waals surface area contributed by atoms with Crippen LogP contribution in [0.3, 0.4) is 0 Å². The molecule has 0 saturated carbocycles. The molecule has 1 atom stereocenters. The first-order valence-corrected chi connectivity index (χ1v) is 8.38. The Bertz CT molecular complexity index is 599. The Morgan fingerprint density at radius 2 is 2.24 bits per heavy atom. The molecule has 1 aromatic heterocycles. The van der Waals surface area contributed by atoms with Gasteiger partial charge in [0.05, 0.1) is 6.54 Å². The molecule has 2 aromatic rings. The highest BCUT2D eigenvalue weighted by atomic mass is 79.9. The van der Waals surface area contributed by atoms with Gasteiger partial charge in [-0.1, -0.05) is 35.3 Å². The molecule has 0 N–H and O–H groups in total. The van der Waals surface area contributed by atoms with E-state index in [1.54, 1.807) is 0 Å². The SMILES string of the molecule is CCC1CCCCN1Cc1nnc(-c2cccc(Br)c2)o1. The minimum Gasteiger partial charge on any atom is -0.419 e. The van der Waals surface area contributed by atoms with Gasteiger partial charge in [-0.15, -0.1) is 10.2 Å². The Morgan fingerprint density at radius 1 is 1.33 bits per heavy atom. The van der Waals surface area contributed by atoms with E-state index >= 15 is 0 Å². The zero-order valence-electron chi connectivity index (χ0n) is 12.3. The maximum atomic E-state index is 5.84. The van der Waals surface area contributed by atoms with Crippen molar-refractivity contribution in [2.75, 3.05) is 6.54 Å². The minimum atomic E-state index is 0.594. The highest BCUT2D eigenvalue weighted by molar-refractivity contribution is 9.10. The normalized spacial score (nSPS) is 19.8. The molecule has 5 heteroatoms. The molecule has 0 aliphatic carbocycles. The molecule has 112 valence electrons. The summed E-state index contributed by atoms with van der Waals surface area (Å²) in [6, 6.07) is 8.59. The first-order chi connectivity index (χ1) is 10.3. The van der Waals surface area contributed by atoms with E-state index in [2.05, 4.69) is 38.0 Å². The Balaban J connectivity index is 1.73. The van der Waals surface area contributed by atoms with Crippen LogP contribution in [0.1, 0.15) is 38.5 Å². The van der Waals surface area contributed by atoms with Crippen LogP contribution in [0.25, 0.3) is 11.5 Å². The Hall–Kier alpha value is -1.20. The predicted molar refractivity (Wildman–Crippen MR) is 85.8 cm³/mol. The van der Waals surface area contributed by atoms with Gasteiger partial charge in [-0.25, -0.2) is 0 Å². The summed E-state index contributed by atoms with van der Waals surface area (Å²) in [5, 5.41) is 8.39. The van der Waals surface area contributed by atoms with Crippen molar-refractivity contribution < 1.29 is 4.42 Å². The number of aromatic nitrogens is 2. The second-order valence-electron chi connectivity index (χ2n) is 5.54. The number of piperidine rings is 1. The fourth-order valence-corrected chi connectivity index (χ4v) is 3.36. The molecule has 3 rings (SSSR count). The highest BCUT2D eigenvalue weighted by Gasteiger charge is 2.22. The summed E-state index contributed by atoms with van der Waals surface area (Å²) in [5.74, 6) is 1.31. The second kappa shape index (κ2) is 6.71. The van der Waals surface area contributed by atoms with Crippen LogP contribution in [0.2, 0.25) is 0 Å². The van der Waals surface area contributed by atoms with Crippen molar-refractivity contribution in [2.45, 2.75) is 45.2 Å². The van der Waals surface area contributed by atoms with Gasteiger partial charge >= 0.3 is 0 Å². The second-order valence-corrected chi connectivity index (χ2v) is 6.46. The van der Waals surface area contributed by atoms with Crippen molar-refractivity contribution in [3.05, 3.63) is 34.6 Å². The van der Waals surface area contributed by atoms with Crippen molar-refractivity contribution in [1.29, 1.82) is 0 Å². The van der Waals surface area contributed by atoms with Crippen LogP contribution < -0.4 is 0 Å². The lowest BCUT2D eigenvalue weighted by atomic mass is 10.0. The third-order valence-corrected chi connectivity index (χ3v) is 4.59. The zero-order chi connectivity index (χ0) is 14.7. The molecular formula is C16H20BrN3O.